The first-order chi connectivity index (χ1) is 12.0. The lowest BCUT2D eigenvalue weighted by Crippen LogP contribution is -2.41. The van der Waals surface area contributed by atoms with Crippen LogP contribution in [0.4, 0.5) is 5.69 Å². The Morgan fingerprint density at radius 1 is 1.46 bits per heavy atom. The Kier molecular flexibility index (Phi) is 6.38. The highest BCUT2D eigenvalue weighted by atomic mass is 35.5. The zero-order valence-electron chi connectivity index (χ0n) is 14.1. The molecular weight excluding hydrogens is 364 g/mol. The Morgan fingerprint density at radius 3 is 2.81 bits per heavy atom. The minimum Gasteiger partial charge on any atom is -0.407 e. The number of hydrogen-bond acceptors (Lipinski definition) is 6. The van der Waals surface area contributed by atoms with E-state index in [9.17, 15) is 19.7 Å². The molecule has 0 saturated heterocycles. The van der Waals surface area contributed by atoms with Crippen LogP contribution in [0.15, 0.2) is 27.4 Å². The highest BCUT2D eigenvalue weighted by Crippen LogP contribution is 2.32. The van der Waals surface area contributed by atoms with Crippen molar-refractivity contribution in [2.75, 3.05) is 6.54 Å². The van der Waals surface area contributed by atoms with Gasteiger partial charge in [-0.25, -0.2) is 4.79 Å². The van der Waals surface area contributed by atoms with Gasteiger partial charge in [-0.3, -0.25) is 19.5 Å². The number of nitro benzene ring substituents is 1. The molecule has 1 aliphatic carbocycles. The number of carbonyl (C=O) groups is 1. The van der Waals surface area contributed by atoms with Gasteiger partial charge >= 0.3 is 5.76 Å². The van der Waals surface area contributed by atoms with Gasteiger partial charge in [-0.2, -0.15) is 0 Å². The van der Waals surface area contributed by atoms with Crippen LogP contribution in [0, 0.1) is 16.0 Å². The molecule has 1 heterocycles. The van der Waals surface area contributed by atoms with Gasteiger partial charge in [0.1, 0.15) is 0 Å². The number of aryl methyl sites for hydroxylation is 1. The molecule has 9 nitrogen and oxygen atoms in total. The van der Waals surface area contributed by atoms with Crippen molar-refractivity contribution in [3.63, 3.8) is 0 Å². The first-order valence-corrected chi connectivity index (χ1v) is 8.27. The molecule has 142 valence electrons. The normalized spacial score (nSPS) is 14.7. The molecule has 1 aromatic heterocycles. The largest absolute Gasteiger partial charge is 0.419 e. The zero-order chi connectivity index (χ0) is 18.0. The van der Waals surface area contributed by atoms with Crippen molar-refractivity contribution in [1.29, 1.82) is 0 Å². The van der Waals surface area contributed by atoms with E-state index >= 15 is 0 Å². The van der Waals surface area contributed by atoms with Crippen molar-refractivity contribution in [1.82, 2.24) is 9.88 Å². The van der Waals surface area contributed by atoms with E-state index in [4.69, 9.17) is 10.2 Å². The number of amides is 1. The molecule has 3 rings (SSSR count). The molecule has 1 fully saturated rings. The molecule has 1 amide bonds. The fourth-order valence-corrected chi connectivity index (χ4v) is 2.92. The van der Waals surface area contributed by atoms with Gasteiger partial charge in [-0.15, -0.1) is 12.4 Å². The smallest absolute Gasteiger partial charge is 0.407 e. The van der Waals surface area contributed by atoms with Crippen molar-refractivity contribution in [3.8, 4) is 0 Å². The van der Waals surface area contributed by atoms with Crippen LogP contribution in [-0.4, -0.2) is 28.0 Å². The number of carbonyl (C=O) groups excluding carboxylic acids is 1. The lowest BCUT2D eigenvalue weighted by atomic mass is 10.1. The Morgan fingerprint density at radius 2 is 2.19 bits per heavy atom. The molecule has 1 saturated carbocycles. The van der Waals surface area contributed by atoms with Gasteiger partial charge in [-0.1, -0.05) is 0 Å². The summed E-state index contributed by atoms with van der Waals surface area (Å²) < 4.78 is 6.44. The van der Waals surface area contributed by atoms with Gasteiger partial charge < -0.3 is 15.5 Å². The molecular formula is C16H21ClN4O5. The molecule has 0 radical (unpaired) electrons. The molecule has 1 aliphatic rings. The summed E-state index contributed by atoms with van der Waals surface area (Å²) in [7, 11) is 0. The molecule has 1 unspecified atom stereocenters. The van der Waals surface area contributed by atoms with E-state index in [0.29, 0.717) is 30.9 Å². The monoisotopic (exact) mass is 384 g/mol. The third kappa shape index (κ3) is 4.41. The van der Waals surface area contributed by atoms with Crippen LogP contribution in [0.3, 0.4) is 0 Å². The maximum Gasteiger partial charge on any atom is 0.419 e. The number of rotatable bonds is 8. The summed E-state index contributed by atoms with van der Waals surface area (Å²) in [6, 6.07) is 4.06. The van der Waals surface area contributed by atoms with Crippen molar-refractivity contribution < 1.29 is 14.1 Å². The van der Waals surface area contributed by atoms with Crippen LogP contribution in [0.2, 0.25) is 0 Å². The second kappa shape index (κ2) is 8.33. The van der Waals surface area contributed by atoms with E-state index in [1.165, 1.54) is 22.8 Å². The first kappa shape index (κ1) is 19.9. The molecule has 0 bridgehead atoms. The Bertz CT molecular complexity index is 858. The van der Waals surface area contributed by atoms with E-state index in [0.717, 1.165) is 12.8 Å². The minimum absolute atomic E-state index is 0. The van der Waals surface area contributed by atoms with Crippen LogP contribution in [0.5, 0.6) is 0 Å². The van der Waals surface area contributed by atoms with Gasteiger partial charge in [0.25, 0.3) is 5.69 Å². The van der Waals surface area contributed by atoms with Gasteiger partial charge in [0, 0.05) is 31.6 Å². The molecule has 3 N–H and O–H groups in total. The molecule has 10 heteroatoms. The van der Waals surface area contributed by atoms with Crippen molar-refractivity contribution >= 4 is 35.1 Å². The fourth-order valence-electron chi connectivity index (χ4n) is 2.92. The molecule has 2 aromatic rings. The number of benzene rings is 1. The average molecular weight is 385 g/mol. The van der Waals surface area contributed by atoms with E-state index in [1.54, 1.807) is 0 Å². The summed E-state index contributed by atoms with van der Waals surface area (Å²) in [5.74, 6) is -0.183. The summed E-state index contributed by atoms with van der Waals surface area (Å²) in [6.07, 6.45) is 2.93. The van der Waals surface area contributed by atoms with Crippen molar-refractivity contribution in [3.05, 3.63) is 38.9 Å². The summed E-state index contributed by atoms with van der Waals surface area (Å²) in [5.41, 5.74) is 6.17. The summed E-state index contributed by atoms with van der Waals surface area (Å²) in [4.78, 5) is 34.1. The number of nitrogens with one attached hydrogen (secondary N) is 1. The predicted molar refractivity (Wildman–Crippen MR) is 97.3 cm³/mol. The van der Waals surface area contributed by atoms with E-state index in [-0.39, 0.29) is 42.0 Å². The number of nitro groups is 1. The van der Waals surface area contributed by atoms with Gasteiger partial charge in [-0.05, 0) is 31.2 Å². The second-order valence-corrected chi connectivity index (χ2v) is 6.28. The number of nitrogens with two attached hydrogens (primary N) is 1. The number of aromatic nitrogens is 1. The molecule has 1 atom stereocenters. The summed E-state index contributed by atoms with van der Waals surface area (Å²) in [6.45, 7) is 0.731. The van der Waals surface area contributed by atoms with E-state index in [2.05, 4.69) is 5.32 Å². The third-order valence-electron chi connectivity index (χ3n) is 4.44. The van der Waals surface area contributed by atoms with E-state index < -0.39 is 10.7 Å². The van der Waals surface area contributed by atoms with Gasteiger partial charge in [0.15, 0.2) is 5.58 Å². The molecule has 1 aromatic carbocycles. The number of oxazole rings is 1. The highest BCUT2D eigenvalue weighted by molar-refractivity contribution is 5.85. The lowest BCUT2D eigenvalue weighted by Gasteiger charge is -2.15. The van der Waals surface area contributed by atoms with Crippen LogP contribution in [-0.2, 0) is 11.3 Å². The summed E-state index contributed by atoms with van der Waals surface area (Å²) in [5, 5.41) is 13.7. The number of hydrogen-bond donors (Lipinski definition) is 2. The predicted octanol–water partition coefficient (Wildman–Crippen LogP) is 1.56. The van der Waals surface area contributed by atoms with Crippen molar-refractivity contribution in [2.45, 2.75) is 38.3 Å². The quantitative estimate of drug-likeness (QED) is 0.524. The van der Waals surface area contributed by atoms with Crippen molar-refractivity contribution in [2.24, 2.45) is 11.7 Å². The zero-order valence-corrected chi connectivity index (χ0v) is 14.9. The Labute approximate surface area is 155 Å². The number of nitrogens with zero attached hydrogens (tertiary/aromatic N) is 2. The number of non-ortho nitro benzene ring substituents is 1. The second-order valence-electron chi connectivity index (χ2n) is 6.28. The Hall–Kier alpha value is -2.39. The lowest BCUT2D eigenvalue weighted by molar-refractivity contribution is -0.384. The molecule has 0 aliphatic heterocycles. The van der Waals surface area contributed by atoms with Crippen LogP contribution < -0.4 is 16.8 Å². The maximum absolute atomic E-state index is 12.0. The molecule has 0 spiro atoms. The standard InChI is InChI=1S/C16H20N4O5.ClH/c17-9-12(10-3-4-10)18-15(21)2-1-7-19-13-6-5-11(20(23)24)8-14(13)25-16(19)22;/h5-6,8,10,12H,1-4,7,9,17H2,(H,18,21);1H. The van der Waals surface area contributed by atoms with Gasteiger partial charge in [0.2, 0.25) is 5.91 Å². The van der Waals surface area contributed by atoms with Crippen LogP contribution in [0.25, 0.3) is 11.1 Å². The first-order valence-electron chi connectivity index (χ1n) is 8.27. The highest BCUT2D eigenvalue weighted by Gasteiger charge is 2.31. The minimum atomic E-state index is -0.589. The average Bonchev–Trinajstić information content (AvgIpc) is 3.37. The third-order valence-corrected chi connectivity index (χ3v) is 4.44. The SMILES string of the molecule is Cl.NCC(NC(=O)CCCn1c(=O)oc2cc([N+](=O)[O-])ccc21)C1CC1. The number of fused-ring (bicyclic) bond motifs is 1. The van der Waals surface area contributed by atoms with Crippen LogP contribution >= 0.6 is 12.4 Å². The maximum atomic E-state index is 12.0. The number of halogens is 1. The Balaban J connectivity index is 0.00000243. The van der Waals surface area contributed by atoms with Crippen LogP contribution in [0.1, 0.15) is 25.7 Å². The fraction of sp³-hybridized carbons (Fsp3) is 0.500. The topological polar surface area (TPSA) is 133 Å². The molecule has 26 heavy (non-hydrogen) atoms. The van der Waals surface area contributed by atoms with E-state index in [1.807, 2.05) is 0 Å². The van der Waals surface area contributed by atoms with Gasteiger partial charge in [0.05, 0.1) is 16.5 Å². The summed E-state index contributed by atoms with van der Waals surface area (Å²) >= 11 is 0.